The van der Waals surface area contributed by atoms with Crippen molar-refractivity contribution in [3.63, 3.8) is 0 Å². The van der Waals surface area contributed by atoms with Crippen LogP contribution in [0.1, 0.15) is 42.9 Å². The molecule has 0 radical (unpaired) electrons. The molecule has 4 rings (SSSR count). The SMILES string of the molecule is Cc1cc(C)cc(-n2nnc3c(=O)n(C4CCCC4)cnc32)c1. The number of hydrogen-bond acceptors (Lipinski definition) is 4. The van der Waals surface area contributed by atoms with Gasteiger partial charge >= 0.3 is 0 Å². The van der Waals surface area contributed by atoms with Crippen LogP contribution in [0.5, 0.6) is 0 Å². The van der Waals surface area contributed by atoms with Crippen LogP contribution in [0.15, 0.2) is 29.3 Å². The molecule has 1 aromatic carbocycles. The van der Waals surface area contributed by atoms with Crippen LogP contribution in [-0.4, -0.2) is 24.5 Å². The molecular weight excluding hydrogens is 290 g/mol. The van der Waals surface area contributed by atoms with Crippen molar-refractivity contribution in [2.75, 3.05) is 0 Å². The van der Waals surface area contributed by atoms with E-state index in [9.17, 15) is 4.79 Å². The predicted octanol–water partition coefficient (Wildman–Crippen LogP) is 2.71. The zero-order valence-corrected chi connectivity index (χ0v) is 13.4. The fourth-order valence-corrected chi connectivity index (χ4v) is 3.51. The Hall–Kier alpha value is -2.50. The first-order chi connectivity index (χ1) is 11.1. The Kier molecular flexibility index (Phi) is 3.25. The summed E-state index contributed by atoms with van der Waals surface area (Å²) in [5.41, 5.74) is 3.95. The van der Waals surface area contributed by atoms with Crippen molar-refractivity contribution in [3.8, 4) is 5.69 Å². The van der Waals surface area contributed by atoms with Crippen LogP contribution in [-0.2, 0) is 0 Å². The van der Waals surface area contributed by atoms with Gasteiger partial charge in [-0.2, -0.15) is 4.68 Å². The molecule has 1 aliphatic carbocycles. The second-order valence-electron chi connectivity index (χ2n) is 6.41. The van der Waals surface area contributed by atoms with Gasteiger partial charge in [-0.05, 0) is 49.9 Å². The summed E-state index contributed by atoms with van der Waals surface area (Å²) in [6.07, 6.45) is 6.08. The van der Waals surface area contributed by atoms with E-state index in [1.165, 1.54) is 12.8 Å². The Morgan fingerprint density at radius 2 is 1.78 bits per heavy atom. The van der Waals surface area contributed by atoms with Gasteiger partial charge < -0.3 is 0 Å². The molecule has 3 aromatic rings. The summed E-state index contributed by atoms with van der Waals surface area (Å²) < 4.78 is 3.38. The van der Waals surface area contributed by atoms with E-state index in [1.54, 1.807) is 15.6 Å². The van der Waals surface area contributed by atoms with E-state index < -0.39 is 0 Å². The Morgan fingerprint density at radius 1 is 1.09 bits per heavy atom. The van der Waals surface area contributed by atoms with E-state index in [0.29, 0.717) is 11.2 Å². The van der Waals surface area contributed by atoms with E-state index in [-0.39, 0.29) is 11.6 Å². The molecule has 118 valence electrons. The molecule has 2 aromatic heterocycles. The topological polar surface area (TPSA) is 65.6 Å². The summed E-state index contributed by atoms with van der Waals surface area (Å²) in [4.78, 5) is 17.2. The van der Waals surface area contributed by atoms with E-state index in [1.807, 2.05) is 26.0 Å². The van der Waals surface area contributed by atoms with Crippen molar-refractivity contribution < 1.29 is 0 Å². The minimum Gasteiger partial charge on any atom is -0.294 e. The molecular formula is C17H19N5O. The van der Waals surface area contributed by atoms with E-state index >= 15 is 0 Å². The molecule has 0 aliphatic heterocycles. The maximum Gasteiger partial charge on any atom is 0.283 e. The second-order valence-corrected chi connectivity index (χ2v) is 6.41. The van der Waals surface area contributed by atoms with Crippen molar-refractivity contribution >= 4 is 11.2 Å². The van der Waals surface area contributed by atoms with Gasteiger partial charge in [0.05, 0.1) is 5.69 Å². The summed E-state index contributed by atoms with van der Waals surface area (Å²) in [5, 5.41) is 8.27. The number of hydrogen-bond donors (Lipinski definition) is 0. The average Bonchev–Trinajstić information content (AvgIpc) is 3.16. The Morgan fingerprint density at radius 3 is 2.48 bits per heavy atom. The summed E-state index contributed by atoms with van der Waals surface area (Å²) in [5.74, 6) is 0. The highest BCUT2D eigenvalue weighted by molar-refractivity contribution is 5.70. The normalized spacial score (nSPS) is 15.6. The quantitative estimate of drug-likeness (QED) is 0.730. The Balaban J connectivity index is 1.87. The van der Waals surface area contributed by atoms with Gasteiger partial charge in [-0.1, -0.05) is 24.1 Å². The maximum absolute atomic E-state index is 12.7. The fraction of sp³-hybridized carbons (Fsp3) is 0.412. The summed E-state index contributed by atoms with van der Waals surface area (Å²) in [7, 11) is 0. The molecule has 6 nitrogen and oxygen atoms in total. The van der Waals surface area contributed by atoms with Gasteiger partial charge in [-0.25, -0.2) is 4.98 Å². The second kappa shape index (κ2) is 5.30. The lowest BCUT2D eigenvalue weighted by molar-refractivity contribution is 0.498. The van der Waals surface area contributed by atoms with Crippen LogP contribution in [0.25, 0.3) is 16.9 Å². The molecule has 1 aliphatic rings. The fourth-order valence-electron chi connectivity index (χ4n) is 3.51. The van der Waals surface area contributed by atoms with Crippen molar-refractivity contribution in [1.29, 1.82) is 0 Å². The maximum atomic E-state index is 12.7. The zero-order chi connectivity index (χ0) is 16.0. The van der Waals surface area contributed by atoms with Gasteiger partial charge in [-0.3, -0.25) is 9.36 Å². The van der Waals surface area contributed by atoms with Crippen LogP contribution in [0.3, 0.4) is 0 Å². The molecule has 2 heterocycles. The van der Waals surface area contributed by atoms with E-state index in [4.69, 9.17) is 0 Å². The van der Waals surface area contributed by atoms with E-state index in [2.05, 4.69) is 21.4 Å². The van der Waals surface area contributed by atoms with Crippen LogP contribution in [0.2, 0.25) is 0 Å². The van der Waals surface area contributed by atoms with E-state index in [0.717, 1.165) is 29.7 Å². The van der Waals surface area contributed by atoms with Crippen LogP contribution >= 0.6 is 0 Å². The van der Waals surface area contributed by atoms with Gasteiger partial charge in [0, 0.05) is 6.04 Å². The van der Waals surface area contributed by atoms with Gasteiger partial charge in [0.15, 0.2) is 11.2 Å². The number of nitrogens with zero attached hydrogens (tertiary/aromatic N) is 5. The number of aromatic nitrogens is 5. The first-order valence-corrected chi connectivity index (χ1v) is 8.05. The summed E-state index contributed by atoms with van der Waals surface area (Å²) >= 11 is 0. The molecule has 0 unspecified atom stereocenters. The van der Waals surface area contributed by atoms with Crippen LogP contribution < -0.4 is 5.56 Å². The third kappa shape index (κ3) is 2.34. The molecule has 6 heteroatoms. The summed E-state index contributed by atoms with van der Waals surface area (Å²) in [6, 6.07) is 6.39. The lowest BCUT2D eigenvalue weighted by atomic mass is 10.1. The van der Waals surface area contributed by atoms with Crippen molar-refractivity contribution in [3.05, 3.63) is 46.0 Å². The Bertz CT molecular complexity index is 914. The molecule has 23 heavy (non-hydrogen) atoms. The number of rotatable bonds is 2. The first kappa shape index (κ1) is 14.1. The van der Waals surface area contributed by atoms with Crippen LogP contribution in [0.4, 0.5) is 0 Å². The molecule has 0 bridgehead atoms. The molecule has 0 N–H and O–H groups in total. The number of fused-ring (bicyclic) bond motifs is 1. The monoisotopic (exact) mass is 309 g/mol. The minimum atomic E-state index is -0.0856. The van der Waals surface area contributed by atoms with Crippen molar-refractivity contribution in [1.82, 2.24) is 24.5 Å². The molecule has 0 amide bonds. The third-order valence-corrected chi connectivity index (χ3v) is 4.56. The van der Waals surface area contributed by atoms with Gasteiger partial charge in [0.1, 0.15) is 6.33 Å². The molecule has 1 fully saturated rings. The van der Waals surface area contributed by atoms with Crippen molar-refractivity contribution in [2.24, 2.45) is 0 Å². The largest absolute Gasteiger partial charge is 0.294 e. The van der Waals surface area contributed by atoms with Gasteiger partial charge in [-0.15, -0.1) is 5.10 Å². The lowest BCUT2D eigenvalue weighted by Crippen LogP contribution is -2.24. The minimum absolute atomic E-state index is 0.0856. The molecule has 0 atom stereocenters. The van der Waals surface area contributed by atoms with Crippen LogP contribution in [0, 0.1) is 13.8 Å². The Labute approximate surface area is 133 Å². The average molecular weight is 309 g/mol. The van der Waals surface area contributed by atoms with Gasteiger partial charge in [0.2, 0.25) is 0 Å². The number of aryl methyl sites for hydroxylation is 2. The molecule has 1 saturated carbocycles. The first-order valence-electron chi connectivity index (χ1n) is 8.05. The lowest BCUT2D eigenvalue weighted by Gasteiger charge is -2.12. The number of benzene rings is 1. The highest BCUT2D eigenvalue weighted by Gasteiger charge is 2.21. The third-order valence-electron chi connectivity index (χ3n) is 4.56. The molecule has 0 saturated heterocycles. The predicted molar refractivity (Wildman–Crippen MR) is 87.9 cm³/mol. The molecule has 0 spiro atoms. The van der Waals surface area contributed by atoms with Gasteiger partial charge in [0.25, 0.3) is 5.56 Å². The van der Waals surface area contributed by atoms with Crippen molar-refractivity contribution in [2.45, 2.75) is 45.6 Å². The smallest absolute Gasteiger partial charge is 0.283 e. The zero-order valence-electron chi connectivity index (χ0n) is 13.4. The highest BCUT2D eigenvalue weighted by atomic mass is 16.1. The highest BCUT2D eigenvalue weighted by Crippen LogP contribution is 2.28. The summed E-state index contributed by atoms with van der Waals surface area (Å²) in [6.45, 7) is 4.08. The standard InChI is InChI=1S/C17H19N5O/c1-11-7-12(2)9-14(8-11)22-16-15(19-20-22)17(23)21(10-18-16)13-5-3-4-6-13/h7-10,13H,3-6H2,1-2H3.